The monoisotopic (exact) mass is 214 g/mol. The van der Waals surface area contributed by atoms with Crippen LogP contribution in [-0.2, 0) is 0 Å². The lowest BCUT2D eigenvalue weighted by atomic mass is 10.0. The molecule has 2 rings (SSSR count). The number of pyridine rings is 1. The molecule has 0 amide bonds. The fourth-order valence-electron chi connectivity index (χ4n) is 2.27. The van der Waals surface area contributed by atoms with Crippen LogP contribution in [0.2, 0.25) is 0 Å². The van der Waals surface area contributed by atoms with Crippen molar-refractivity contribution in [2.75, 3.05) is 18.0 Å². The van der Waals surface area contributed by atoms with Crippen LogP contribution in [0.5, 0.6) is 0 Å². The van der Waals surface area contributed by atoms with Crippen LogP contribution in [0.4, 0.5) is 5.82 Å². The predicted octanol–water partition coefficient (Wildman–Crippen LogP) is 2.61. The number of piperidine rings is 1. The van der Waals surface area contributed by atoms with E-state index in [1.165, 1.54) is 12.8 Å². The molecule has 1 unspecified atom stereocenters. The summed E-state index contributed by atoms with van der Waals surface area (Å²) in [6.45, 7) is 6.51. The molecule has 0 N–H and O–H groups in total. The molecule has 1 aliphatic heterocycles. The van der Waals surface area contributed by atoms with Crippen molar-refractivity contribution < 1.29 is 0 Å². The van der Waals surface area contributed by atoms with Crippen LogP contribution in [0.3, 0.4) is 0 Å². The number of anilines is 1. The van der Waals surface area contributed by atoms with Crippen molar-refractivity contribution in [3.63, 3.8) is 0 Å². The third kappa shape index (κ3) is 2.19. The minimum Gasteiger partial charge on any atom is -0.356 e. The van der Waals surface area contributed by atoms with E-state index >= 15 is 0 Å². The minimum atomic E-state index is 0.767. The molecule has 2 heterocycles. The van der Waals surface area contributed by atoms with Crippen molar-refractivity contribution in [1.82, 2.24) is 4.98 Å². The van der Waals surface area contributed by atoms with Gasteiger partial charge in [-0.2, -0.15) is 0 Å². The van der Waals surface area contributed by atoms with Gasteiger partial charge >= 0.3 is 0 Å². The summed E-state index contributed by atoms with van der Waals surface area (Å²) in [7, 11) is 0. The van der Waals surface area contributed by atoms with Crippen LogP contribution < -0.4 is 4.90 Å². The van der Waals surface area contributed by atoms with Crippen molar-refractivity contribution in [3.05, 3.63) is 23.4 Å². The van der Waals surface area contributed by atoms with Crippen LogP contribution in [-0.4, -0.2) is 18.1 Å². The van der Waals surface area contributed by atoms with Gasteiger partial charge in [0, 0.05) is 18.7 Å². The second-order valence-electron chi connectivity index (χ2n) is 4.64. The van der Waals surface area contributed by atoms with E-state index < -0.39 is 0 Å². The third-order valence-corrected chi connectivity index (χ3v) is 3.21. The maximum atomic E-state index is 5.40. The van der Waals surface area contributed by atoms with Crippen molar-refractivity contribution >= 4 is 5.82 Å². The number of rotatable bonds is 1. The number of terminal acetylenes is 1. The van der Waals surface area contributed by atoms with E-state index in [9.17, 15) is 0 Å². The smallest absolute Gasteiger partial charge is 0.128 e. The summed E-state index contributed by atoms with van der Waals surface area (Å²) in [4.78, 5) is 6.95. The number of nitrogens with zero attached hydrogens (tertiary/aromatic N) is 2. The second-order valence-corrected chi connectivity index (χ2v) is 4.64. The summed E-state index contributed by atoms with van der Waals surface area (Å²) in [6.07, 6.45) is 7.99. The van der Waals surface area contributed by atoms with E-state index in [0.29, 0.717) is 0 Å². The quantitative estimate of drug-likeness (QED) is 0.668. The molecule has 2 nitrogen and oxygen atoms in total. The van der Waals surface area contributed by atoms with Gasteiger partial charge in [0.25, 0.3) is 0 Å². The Labute approximate surface area is 97.7 Å². The van der Waals surface area contributed by atoms with Gasteiger partial charge in [-0.05, 0) is 37.8 Å². The molecule has 0 saturated carbocycles. The second kappa shape index (κ2) is 4.57. The average molecular weight is 214 g/mol. The summed E-state index contributed by atoms with van der Waals surface area (Å²) >= 11 is 0. The van der Waals surface area contributed by atoms with Gasteiger partial charge in [0.2, 0.25) is 0 Å². The molecule has 0 spiro atoms. The highest BCUT2D eigenvalue weighted by Crippen LogP contribution is 2.22. The normalized spacial score (nSPS) is 20.6. The van der Waals surface area contributed by atoms with Crippen LogP contribution in [0, 0.1) is 25.2 Å². The van der Waals surface area contributed by atoms with Gasteiger partial charge in [0.05, 0.1) is 5.69 Å². The van der Waals surface area contributed by atoms with Crippen LogP contribution >= 0.6 is 0 Å². The number of aromatic nitrogens is 1. The maximum absolute atomic E-state index is 5.40. The van der Waals surface area contributed by atoms with Crippen molar-refractivity contribution in [3.8, 4) is 12.3 Å². The molecule has 84 valence electrons. The predicted molar refractivity (Wildman–Crippen MR) is 67.5 cm³/mol. The summed E-state index contributed by atoms with van der Waals surface area (Å²) in [5, 5.41) is 0. The highest BCUT2D eigenvalue weighted by atomic mass is 15.2. The first-order chi connectivity index (χ1) is 7.70. The lowest BCUT2D eigenvalue weighted by molar-refractivity contribution is 0.444. The molecule has 1 aliphatic rings. The third-order valence-electron chi connectivity index (χ3n) is 3.21. The zero-order valence-corrected chi connectivity index (χ0v) is 10.0. The largest absolute Gasteiger partial charge is 0.356 e. The van der Waals surface area contributed by atoms with E-state index in [1.54, 1.807) is 0 Å². The van der Waals surface area contributed by atoms with Gasteiger partial charge in [-0.25, -0.2) is 4.98 Å². The van der Waals surface area contributed by atoms with Gasteiger partial charge in [0.1, 0.15) is 5.82 Å². The lowest BCUT2D eigenvalue weighted by Gasteiger charge is -2.32. The Morgan fingerprint density at radius 3 is 2.94 bits per heavy atom. The molecular weight excluding hydrogens is 196 g/mol. The zero-order valence-electron chi connectivity index (χ0n) is 10.0. The maximum Gasteiger partial charge on any atom is 0.128 e. The molecule has 0 aromatic carbocycles. The topological polar surface area (TPSA) is 16.1 Å². The van der Waals surface area contributed by atoms with Gasteiger partial charge < -0.3 is 4.90 Å². The molecule has 0 bridgehead atoms. The Balaban J connectivity index is 2.21. The van der Waals surface area contributed by atoms with Crippen LogP contribution in [0.15, 0.2) is 12.1 Å². The fraction of sp³-hybridized carbons (Fsp3) is 0.500. The fourth-order valence-corrected chi connectivity index (χ4v) is 2.27. The summed E-state index contributed by atoms with van der Waals surface area (Å²) in [5.74, 6) is 4.49. The highest BCUT2D eigenvalue weighted by molar-refractivity contribution is 5.46. The van der Waals surface area contributed by atoms with E-state index in [1.807, 2.05) is 19.1 Å². The van der Waals surface area contributed by atoms with Crippen molar-refractivity contribution in [2.45, 2.75) is 26.7 Å². The summed E-state index contributed by atoms with van der Waals surface area (Å²) in [6, 6.07) is 4.04. The van der Waals surface area contributed by atoms with Gasteiger partial charge in [-0.15, -0.1) is 6.42 Å². The lowest BCUT2D eigenvalue weighted by Crippen LogP contribution is -2.34. The molecule has 2 heteroatoms. The zero-order chi connectivity index (χ0) is 11.5. The molecule has 1 fully saturated rings. The molecule has 0 radical (unpaired) electrons. The molecule has 1 atom stereocenters. The van der Waals surface area contributed by atoms with Crippen molar-refractivity contribution in [1.29, 1.82) is 0 Å². The molecule has 1 aromatic rings. The van der Waals surface area contributed by atoms with Crippen LogP contribution in [0.1, 0.15) is 31.0 Å². The number of hydrogen-bond donors (Lipinski definition) is 0. The number of hydrogen-bond acceptors (Lipinski definition) is 2. The molecule has 16 heavy (non-hydrogen) atoms. The Bertz CT molecular complexity index is 417. The van der Waals surface area contributed by atoms with Gasteiger partial charge in [-0.3, -0.25) is 0 Å². The van der Waals surface area contributed by atoms with E-state index in [-0.39, 0.29) is 0 Å². The van der Waals surface area contributed by atoms with E-state index in [2.05, 4.69) is 22.7 Å². The SMILES string of the molecule is C#Cc1ccc(N2CCCC(C)C2)nc1C. The van der Waals surface area contributed by atoms with Crippen LogP contribution in [0.25, 0.3) is 0 Å². The van der Waals surface area contributed by atoms with E-state index in [4.69, 9.17) is 6.42 Å². The molecule has 1 aromatic heterocycles. The van der Waals surface area contributed by atoms with Gasteiger partial charge in [-0.1, -0.05) is 12.8 Å². The summed E-state index contributed by atoms with van der Waals surface area (Å²) in [5.41, 5.74) is 1.85. The Hall–Kier alpha value is -1.49. The first-order valence-electron chi connectivity index (χ1n) is 5.90. The van der Waals surface area contributed by atoms with Crippen molar-refractivity contribution in [2.24, 2.45) is 5.92 Å². The first-order valence-corrected chi connectivity index (χ1v) is 5.90. The molecular formula is C14H18N2. The Morgan fingerprint density at radius 2 is 2.31 bits per heavy atom. The average Bonchev–Trinajstić information content (AvgIpc) is 2.29. The highest BCUT2D eigenvalue weighted by Gasteiger charge is 2.17. The number of aryl methyl sites for hydroxylation is 1. The van der Waals surface area contributed by atoms with E-state index in [0.717, 1.165) is 36.1 Å². The Kier molecular flexibility index (Phi) is 3.14. The molecule has 1 saturated heterocycles. The minimum absolute atomic E-state index is 0.767. The molecule has 0 aliphatic carbocycles. The first kappa shape index (κ1) is 11.0. The standard InChI is InChI=1S/C14H18N2/c1-4-13-7-8-14(15-12(13)3)16-9-5-6-11(2)10-16/h1,7-8,11H,5-6,9-10H2,2-3H3. The summed E-state index contributed by atoms with van der Waals surface area (Å²) < 4.78 is 0. The van der Waals surface area contributed by atoms with Gasteiger partial charge in [0.15, 0.2) is 0 Å². The Morgan fingerprint density at radius 1 is 1.50 bits per heavy atom.